The number of imidazole rings is 1. The summed E-state index contributed by atoms with van der Waals surface area (Å²) in [6.07, 6.45) is 0. The number of para-hydroxylation sites is 2. The number of hydrogen-bond donors (Lipinski definition) is 1. The molecule has 0 aliphatic heterocycles. The van der Waals surface area contributed by atoms with Gasteiger partial charge in [0.1, 0.15) is 5.82 Å². The van der Waals surface area contributed by atoms with Crippen LogP contribution < -0.4 is 0 Å². The average molecular weight is 389 g/mol. The number of halogens is 2. The predicted octanol–water partition coefficient (Wildman–Crippen LogP) is 7.36. The maximum absolute atomic E-state index is 6.52. The van der Waals surface area contributed by atoms with E-state index in [1.165, 1.54) is 0 Å². The van der Waals surface area contributed by atoms with E-state index in [-0.39, 0.29) is 0 Å². The largest absolute Gasteiger partial charge is 0.338 e. The minimum absolute atomic E-state index is 0.691. The second-order valence-corrected chi connectivity index (χ2v) is 7.28. The predicted molar refractivity (Wildman–Crippen MR) is 114 cm³/mol. The topological polar surface area (TPSA) is 28.7 Å². The van der Waals surface area contributed by atoms with Gasteiger partial charge in [0, 0.05) is 21.2 Å². The highest BCUT2D eigenvalue weighted by Gasteiger charge is 2.17. The van der Waals surface area contributed by atoms with Gasteiger partial charge in [-0.25, -0.2) is 4.98 Å². The summed E-state index contributed by atoms with van der Waals surface area (Å²) in [6, 6.07) is 26.0. The van der Waals surface area contributed by atoms with Crippen molar-refractivity contribution in [1.82, 2.24) is 9.97 Å². The second-order valence-electron chi connectivity index (χ2n) is 6.44. The fourth-order valence-corrected chi connectivity index (χ4v) is 3.93. The van der Waals surface area contributed by atoms with E-state index >= 15 is 0 Å². The lowest BCUT2D eigenvalue weighted by Gasteiger charge is -2.13. The van der Waals surface area contributed by atoms with Gasteiger partial charge in [-0.2, -0.15) is 0 Å². The fourth-order valence-electron chi connectivity index (χ4n) is 3.52. The molecule has 0 atom stereocenters. The highest BCUT2D eigenvalue weighted by atomic mass is 35.5. The molecule has 0 spiro atoms. The van der Waals surface area contributed by atoms with Crippen LogP contribution in [0.2, 0.25) is 10.0 Å². The summed E-state index contributed by atoms with van der Waals surface area (Å²) < 4.78 is 0. The smallest absolute Gasteiger partial charge is 0.139 e. The van der Waals surface area contributed by atoms with Crippen LogP contribution >= 0.6 is 23.2 Å². The van der Waals surface area contributed by atoms with Crippen molar-refractivity contribution in [1.29, 1.82) is 0 Å². The van der Waals surface area contributed by atoms with Crippen molar-refractivity contribution >= 4 is 45.0 Å². The molecule has 0 amide bonds. The Morgan fingerprint density at radius 1 is 0.741 bits per heavy atom. The third-order valence-electron chi connectivity index (χ3n) is 4.77. The van der Waals surface area contributed by atoms with Crippen LogP contribution in [0.1, 0.15) is 0 Å². The molecule has 0 aliphatic carbocycles. The molecule has 2 nitrogen and oxygen atoms in total. The Bertz CT molecular complexity index is 1270. The molecule has 0 radical (unpaired) electrons. The minimum Gasteiger partial charge on any atom is -0.338 e. The number of nitrogens with one attached hydrogen (secondary N) is 1. The van der Waals surface area contributed by atoms with E-state index in [1.54, 1.807) is 0 Å². The number of H-pyrrole nitrogens is 1. The Morgan fingerprint density at radius 2 is 1.52 bits per heavy atom. The molecule has 1 N–H and O–H groups in total. The van der Waals surface area contributed by atoms with Crippen LogP contribution in [0.5, 0.6) is 0 Å². The Kier molecular flexibility index (Phi) is 3.89. The molecule has 4 heteroatoms. The maximum Gasteiger partial charge on any atom is 0.139 e. The monoisotopic (exact) mass is 388 g/mol. The lowest BCUT2D eigenvalue weighted by atomic mass is 9.93. The Labute approximate surface area is 166 Å². The number of benzene rings is 4. The van der Waals surface area contributed by atoms with Crippen LogP contribution in [0.4, 0.5) is 0 Å². The molecular weight excluding hydrogens is 375 g/mol. The summed E-state index contributed by atoms with van der Waals surface area (Å²) >= 11 is 12.9. The van der Waals surface area contributed by atoms with Gasteiger partial charge in [-0.05, 0) is 46.7 Å². The van der Waals surface area contributed by atoms with E-state index < -0.39 is 0 Å². The highest BCUT2D eigenvalue weighted by molar-refractivity contribution is 6.34. The number of nitrogens with zero attached hydrogens (tertiary/aromatic N) is 1. The van der Waals surface area contributed by atoms with Crippen LogP contribution in [0.3, 0.4) is 0 Å². The highest BCUT2D eigenvalue weighted by Crippen LogP contribution is 2.40. The molecular formula is C23H14Cl2N2. The first kappa shape index (κ1) is 16.4. The molecule has 1 aromatic heterocycles. The summed E-state index contributed by atoms with van der Waals surface area (Å²) in [5, 5.41) is 3.54. The van der Waals surface area contributed by atoms with Crippen molar-refractivity contribution in [3.63, 3.8) is 0 Å². The molecule has 0 saturated heterocycles. The van der Waals surface area contributed by atoms with Crippen molar-refractivity contribution < 1.29 is 0 Å². The summed E-state index contributed by atoms with van der Waals surface area (Å²) in [6.45, 7) is 0. The SMILES string of the molecule is Clc1ccc2ccc(-c3ccccc3Cl)c(-c3nc4ccccc4[nH]3)c2c1. The average Bonchev–Trinajstić information content (AvgIpc) is 3.11. The molecule has 0 bridgehead atoms. The van der Waals surface area contributed by atoms with E-state index in [1.807, 2.05) is 66.7 Å². The molecule has 4 aromatic carbocycles. The Morgan fingerprint density at radius 3 is 2.37 bits per heavy atom. The van der Waals surface area contributed by atoms with Gasteiger partial charge in [0.05, 0.1) is 11.0 Å². The molecule has 1 heterocycles. The standard InChI is InChI=1S/C23H14Cl2N2/c24-15-11-9-14-10-12-17(16-5-1-2-6-19(16)25)22(18(14)13-15)23-26-20-7-3-4-8-21(20)27-23/h1-13H,(H,26,27). The van der Waals surface area contributed by atoms with Crippen LogP contribution in [-0.2, 0) is 0 Å². The van der Waals surface area contributed by atoms with Gasteiger partial charge >= 0.3 is 0 Å². The molecule has 0 unspecified atom stereocenters. The van der Waals surface area contributed by atoms with E-state index in [0.717, 1.165) is 44.3 Å². The first-order chi connectivity index (χ1) is 13.2. The first-order valence-corrected chi connectivity index (χ1v) is 9.38. The number of aromatic amines is 1. The van der Waals surface area contributed by atoms with Crippen LogP contribution in [-0.4, -0.2) is 9.97 Å². The number of aromatic nitrogens is 2. The zero-order valence-electron chi connectivity index (χ0n) is 14.2. The fraction of sp³-hybridized carbons (Fsp3) is 0. The van der Waals surface area contributed by atoms with Gasteiger partial charge in [0.15, 0.2) is 0 Å². The van der Waals surface area contributed by atoms with E-state index in [2.05, 4.69) is 17.1 Å². The third kappa shape index (κ3) is 2.78. The summed E-state index contributed by atoms with van der Waals surface area (Å²) in [5.74, 6) is 0.805. The molecule has 0 fully saturated rings. The lowest BCUT2D eigenvalue weighted by Crippen LogP contribution is -1.90. The van der Waals surface area contributed by atoms with E-state index in [0.29, 0.717) is 10.0 Å². The van der Waals surface area contributed by atoms with Crippen molar-refractivity contribution in [3.8, 4) is 22.5 Å². The van der Waals surface area contributed by atoms with Gasteiger partial charge in [-0.15, -0.1) is 0 Å². The van der Waals surface area contributed by atoms with Gasteiger partial charge in [-0.3, -0.25) is 0 Å². The Hall–Kier alpha value is -2.81. The third-order valence-corrected chi connectivity index (χ3v) is 5.34. The first-order valence-electron chi connectivity index (χ1n) is 8.63. The van der Waals surface area contributed by atoms with E-state index in [9.17, 15) is 0 Å². The van der Waals surface area contributed by atoms with Gasteiger partial charge in [-0.1, -0.05) is 71.7 Å². The molecule has 5 aromatic rings. The van der Waals surface area contributed by atoms with Gasteiger partial charge < -0.3 is 4.98 Å². The zero-order chi connectivity index (χ0) is 18.4. The molecule has 0 saturated carbocycles. The van der Waals surface area contributed by atoms with Gasteiger partial charge in [0.2, 0.25) is 0 Å². The van der Waals surface area contributed by atoms with Crippen molar-refractivity contribution in [2.45, 2.75) is 0 Å². The van der Waals surface area contributed by atoms with Gasteiger partial charge in [0.25, 0.3) is 0 Å². The van der Waals surface area contributed by atoms with Crippen molar-refractivity contribution in [2.75, 3.05) is 0 Å². The number of fused-ring (bicyclic) bond motifs is 2. The Balaban J connectivity index is 1.91. The summed E-state index contributed by atoms with van der Waals surface area (Å²) in [5.41, 5.74) is 4.92. The molecule has 27 heavy (non-hydrogen) atoms. The quantitative estimate of drug-likeness (QED) is 0.336. The maximum atomic E-state index is 6.52. The number of hydrogen-bond acceptors (Lipinski definition) is 1. The van der Waals surface area contributed by atoms with Crippen LogP contribution in [0.25, 0.3) is 44.3 Å². The summed E-state index contributed by atoms with van der Waals surface area (Å²) in [4.78, 5) is 8.29. The zero-order valence-corrected chi connectivity index (χ0v) is 15.7. The number of rotatable bonds is 2. The summed E-state index contributed by atoms with van der Waals surface area (Å²) in [7, 11) is 0. The minimum atomic E-state index is 0.691. The van der Waals surface area contributed by atoms with Crippen LogP contribution in [0.15, 0.2) is 78.9 Å². The van der Waals surface area contributed by atoms with Crippen molar-refractivity contribution in [2.24, 2.45) is 0 Å². The van der Waals surface area contributed by atoms with Crippen molar-refractivity contribution in [3.05, 3.63) is 88.9 Å². The second kappa shape index (κ2) is 6.41. The lowest BCUT2D eigenvalue weighted by molar-refractivity contribution is 1.35. The van der Waals surface area contributed by atoms with E-state index in [4.69, 9.17) is 28.2 Å². The normalized spacial score (nSPS) is 11.3. The molecule has 5 rings (SSSR count). The van der Waals surface area contributed by atoms with Crippen LogP contribution in [0, 0.1) is 0 Å². The molecule has 130 valence electrons. The molecule has 0 aliphatic rings.